The molecule has 2 aromatic rings. The number of rotatable bonds is 3. The van der Waals surface area contributed by atoms with E-state index in [1.54, 1.807) is 6.07 Å². The first-order valence-corrected chi connectivity index (χ1v) is 6.50. The van der Waals surface area contributed by atoms with Crippen LogP contribution < -0.4 is 0 Å². The summed E-state index contributed by atoms with van der Waals surface area (Å²) in [6.45, 7) is 3.77. The van der Waals surface area contributed by atoms with E-state index in [0.29, 0.717) is 6.42 Å². The van der Waals surface area contributed by atoms with Crippen molar-refractivity contribution in [2.45, 2.75) is 20.3 Å². The van der Waals surface area contributed by atoms with Crippen LogP contribution in [0.2, 0.25) is 0 Å². The zero-order valence-electron chi connectivity index (χ0n) is 10.3. The SMILES string of the molecule is CC(C)(C#N)Cc1nc(-c2cccc(F)c2)cs1. The molecular weight excluding hydrogens is 247 g/mol. The summed E-state index contributed by atoms with van der Waals surface area (Å²) < 4.78 is 13.1. The Bertz CT molecular complexity index is 596. The standard InChI is InChI=1S/C14H13FN2S/c1-14(2,9-16)7-13-17-12(8-18-13)10-4-3-5-11(15)6-10/h3-6,8H,7H2,1-2H3. The molecule has 4 heteroatoms. The first-order valence-electron chi connectivity index (χ1n) is 5.62. The van der Waals surface area contributed by atoms with E-state index in [1.165, 1.54) is 23.5 Å². The maximum Gasteiger partial charge on any atom is 0.123 e. The second-order valence-electron chi connectivity index (χ2n) is 4.81. The molecule has 2 rings (SSSR count). The van der Waals surface area contributed by atoms with Crippen molar-refractivity contribution < 1.29 is 4.39 Å². The van der Waals surface area contributed by atoms with Crippen LogP contribution in [-0.4, -0.2) is 4.98 Å². The molecule has 0 saturated carbocycles. The molecule has 1 aromatic carbocycles. The van der Waals surface area contributed by atoms with Crippen molar-refractivity contribution in [2.75, 3.05) is 0 Å². The Morgan fingerprint density at radius 1 is 1.44 bits per heavy atom. The van der Waals surface area contributed by atoms with Gasteiger partial charge < -0.3 is 0 Å². The lowest BCUT2D eigenvalue weighted by atomic mass is 9.92. The third-order valence-corrected chi connectivity index (χ3v) is 3.42. The van der Waals surface area contributed by atoms with Crippen LogP contribution in [-0.2, 0) is 6.42 Å². The average molecular weight is 260 g/mol. The number of nitrogens with zero attached hydrogens (tertiary/aromatic N) is 2. The molecule has 1 heterocycles. The average Bonchev–Trinajstić information content (AvgIpc) is 2.77. The number of thiazole rings is 1. The predicted molar refractivity (Wildman–Crippen MR) is 70.6 cm³/mol. The first kappa shape index (κ1) is 12.7. The van der Waals surface area contributed by atoms with Gasteiger partial charge in [-0.3, -0.25) is 0 Å². The van der Waals surface area contributed by atoms with Gasteiger partial charge in [0.25, 0.3) is 0 Å². The maximum absolute atomic E-state index is 13.1. The van der Waals surface area contributed by atoms with Crippen LogP contribution in [0.3, 0.4) is 0 Å². The highest BCUT2D eigenvalue weighted by atomic mass is 32.1. The summed E-state index contributed by atoms with van der Waals surface area (Å²) in [7, 11) is 0. The molecule has 0 N–H and O–H groups in total. The van der Waals surface area contributed by atoms with E-state index < -0.39 is 5.41 Å². The summed E-state index contributed by atoms with van der Waals surface area (Å²) in [6, 6.07) is 8.63. The molecule has 0 spiro atoms. The van der Waals surface area contributed by atoms with Gasteiger partial charge in [0, 0.05) is 17.4 Å². The number of hydrogen-bond acceptors (Lipinski definition) is 3. The molecule has 0 aliphatic carbocycles. The van der Waals surface area contributed by atoms with Crippen LogP contribution in [0.25, 0.3) is 11.3 Å². The largest absolute Gasteiger partial charge is 0.241 e. The third-order valence-electron chi connectivity index (χ3n) is 2.57. The van der Waals surface area contributed by atoms with Gasteiger partial charge in [-0.2, -0.15) is 5.26 Å². The molecule has 0 saturated heterocycles. The smallest absolute Gasteiger partial charge is 0.123 e. The fraction of sp³-hybridized carbons (Fsp3) is 0.286. The van der Waals surface area contributed by atoms with Gasteiger partial charge in [0.1, 0.15) is 5.82 Å². The van der Waals surface area contributed by atoms with Crippen LogP contribution in [0, 0.1) is 22.6 Å². The Morgan fingerprint density at radius 2 is 2.22 bits per heavy atom. The van der Waals surface area contributed by atoms with Crippen molar-refractivity contribution in [3.05, 3.63) is 40.5 Å². The third kappa shape index (κ3) is 2.93. The maximum atomic E-state index is 13.1. The molecule has 0 unspecified atom stereocenters. The van der Waals surface area contributed by atoms with Gasteiger partial charge >= 0.3 is 0 Å². The van der Waals surface area contributed by atoms with Crippen molar-refractivity contribution in [1.82, 2.24) is 4.98 Å². The van der Waals surface area contributed by atoms with Crippen LogP contribution in [0.15, 0.2) is 29.6 Å². The second kappa shape index (κ2) is 4.87. The number of nitriles is 1. The minimum atomic E-state index is -0.420. The molecule has 0 amide bonds. The Morgan fingerprint density at radius 3 is 2.89 bits per heavy atom. The number of hydrogen-bond donors (Lipinski definition) is 0. The number of benzene rings is 1. The fourth-order valence-electron chi connectivity index (χ4n) is 1.59. The summed E-state index contributed by atoms with van der Waals surface area (Å²) in [5.41, 5.74) is 1.12. The topological polar surface area (TPSA) is 36.7 Å². The summed E-state index contributed by atoms with van der Waals surface area (Å²) in [5, 5.41) is 11.8. The highest BCUT2D eigenvalue weighted by molar-refractivity contribution is 7.09. The highest BCUT2D eigenvalue weighted by Gasteiger charge is 2.19. The molecule has 0 aliphatic rings. The van der Waals surface area contributed by atoms with Gasteiger partial charge in [0.05, 0.1) is 22.2 Å². The molecule has 0 fully saturated rings. The molecule has 0 bridgehead atoms. The quantitative estimate of drug-likeness (QED) is 0.835. The van der Waals surface area contributed by atoms with Gasteiger partial charge in [0.2, 0.25) is 0 Å². The van der Waals surface area contributed by atoms with Gasteiger partial charge in [0.15, 0.2) is 0 Å². The Kier molecular flexibility index (Phi) is 3.44. The molecule has 0 radical (unpaired) electrons. The normalized spacial score (nSPS) is 11.2. The minimum absolute atomic E-state index is 0.264. The zero-order valence-corrected chi connectivity index (χ0v) is 11.1. The van der Waals surface area contributed by atoms with E-state index in [1.807, 2.05) is 25.3 Å². The lowest BCUT2D eigenvalue weighted by molar-refractivity contribution is 0.492. The zero-order chi connectivity index (χ0) is 13.2. The van der Waals surface area contributed by atoms with Crippen LogP contribution in [0.5, 0.6) is 0 Å². The second-order valence-corrected chi connectivity index (χ2v) is 5.75. The van der Waals surface area contributed by atoms with Crippen molar-refractivity contribution in [2.24, 2.45) is 5.41 Å². The first-order chi connectivity index (χ1) is 8.50. The molecule has 0 atom stereocenters. The van der Waals surface area contributed by atoms with E-state index in [9.17, 15) is 4.39 Å². The van der Waals surface area contributed by atoms with Crippen LogP contribution >= 0.6 is 11.3 Å². The Hall–Kier alpha value is -1.73. The molecule has 1 aromatic heterocycles. The monoisotopic (exact) mass is 260 g/mol. The lowest BCUT2D eigenvalue weighted by Gasteiger charge is -2.11. The predicted octanol–water partition coefficient (Wildman–Crippen LogP) is 4.04. The van der Waals surface area contributed by atoms with E-state index in [2.05, 4.69) is 11.1 Å². The molecule has 0 aliphatic heterocycles. The fourth-order valence-corrected chi connectivity index (χ4v) is 2.62. The molecule has 18 heavy (non-hydrogen) atoms. The van der Waals surface area contributed by atoms with Gasteiger partial charge in [-0.1, -0.05) is 12.1 Å². The Labute approximate surface area is 110 Å². The Balaban J connectivity index is 2.24. The van der Waals surface area contributed by atoms with Crippen molar-refractivity contribution in [3.8, 4) is 17.3 Å². The number of aromatic nitrogens is 1. The summed E-state index contributed by atoms with van der Waals surface area (Å²) in [6.07, 6.45) is 0.615. The summed E-state index contributed by atoms with van der Waals surface area (Å²) >= 11 is 1.51. The summed E-state index contributed by atoms with van der Waals surface area (Å²) in [5.74, 6) is -0.264. The van der Waals surface area contributed by atoms with Gasteiger partial charge in [-0.15, -0.1) is 11.3 Å². The highest BCUT2D eigenvalue weighted by Crippen LogP contribution is 2.27. The van der Waals surface area contributed by atoms with Crippen molar-refractivity contribution in [3.63, 3.8) is 0 Å². The van der Waals surface area contributed by atoms with Crippen LogP contribution in [0.1, 0.15) is 18.9 Å². The lowest BCUT2D eigenvalue weighted by Crippen LogP contribution is -2.11. The van der Waals surface area contributed by atoms with E-state index in [0.717, 1.165) is 16.3 Å². The van der Waals surface area contributed by atoms with Crippen LogP contribution in [0.4, 0.5) is 4.39 Å². The van der Waals surface area contributed by atoms with E-state index >= 15 is 0 Å². The summed E-state index contributed by atoms with van der Waals surface area (Å²) in [4.78, 5) is 4.46. The molecule has 2 nitrogen and oxygen atoms in total. The van der Waals surface area contributed by atoms with Gasteiger partial charge in [-0.25, -0.2) is 9.37 Å². The molecule has 92 valence electrons. The van der Waals surface area contributed by atoms with Gasteiger partial charge in [-0.05, 0) is 26.0 Å². The minimum Gasteiger partial charge on any atom is -0.241 e. The van der Waals surface area contributed by atoms with Crippen molar-refractivity contribution >= 4 is 11.3 Å². The van der Waals surface area contributed by atoms with E-state index in [-0.39, 0.29) is 5.82 Å². The van der Waals surface area contributed by atoms with E-state index in [4.69, 9.17) is 5.26 Å². The van der Waals surface area contributed by atoms with Crippen molar-refractivity contribution in [1.29, 1.82) is 5.26 Å². The molecular formula is C14H13FN2S. The number of halogens is 1.